The van der Waals surface area contributed by atoms with Gasteiger partial charge in [0.25, 0.3) is 0 Å². The second kappa shape index (κ2) is 7.26. The number of nitrogens with two attached hydrogens (primary N) is 1. The lowest BCUT2D eigenvalue weighted by Gasteiger charge is -2.21. The average Bonchev–Trinajstić information content (AvgIpc) is 2.65. The average molecular weight is 277 g/mol. The number of benzene rings is 1. The molecule has 0 aliphatic carbocycles. The zero-order valence-electron chi connectivity index (χ0n) is 11.8. The van der Waals surface area contributed by atoms with Crippen molar-refractivity contribution in [2.24, 2.45) is 0 Å². The number of aliphatic hydroxyl groups is 1. The number of amides is 1. The van der Waals surface area contributed by atoms with Crippen molar-refractivity contribution in [2.45, 2.75) is 12.8 Å². The summed E-state index contributed by atoms with van der Waals surface area (Å²) >= 11 is 0. The van der Waals surface area contributed by atoms with Gasteiger partial charge < -0.3 is 15.7 Å². The fourth-order valence-electron chi connectivity index (χ4n) is 2.57. The molecule has 1 fully saturated rings. The van der Waals surface area contributed by atoms with Gasteiger partial charge in [0.05, 0.1) is 13.0 Å². The van der Waals surface area contributed by atoms with Crippen molar-refractivity contribution in [1.82, 2.24) is 9.80 Å². The molecule has 1 aromatic rings. The second-order valence-corrected chi connectivity index (χ2v) is 5.22. The summed E-state index contributed by atoms with van der Waals surface area (Å²) < 4.78 is 0. The number of β-amino-alcohol motifs (C(OH)–C–C–N with tert-alkyl or cyclic N) is 1. The summed E-state index contributed by atoms with van der Waals surface area (Å²) in [6, 6.07) is 7.49. The third kappa shape index (κ3) is 4.21. The summed E-state index contributed by atoms with van der Waals surface area (Å²) in [6.07, 6.45) is 1.37. The first-order valence-electron chi connectivity index (χ1n) is 7.14. The van der Waals surface area contributed by atoms with Crippen LogP contribution in [-0.2, 0) is 11.2 Å². The van der Waals surface area contributed by atoms with Gasteiger partial charge in [0.1, 0.15) is 0 Å². The predicted octanol–water partition coefficient (Wildman–Crippen LogP) is 0.338. The zero-order valence-corrected chi connectivity index (χ0v) is 11.8. The van der Waals surface area contributed by atoms with E-state index < -0.39 is 0 Å². The van der Waals surface area contributed by atoms with E-state index in [0.29, 0.717) is 18.7 Å². The molecule has 1 aliphatic heterocycles. The molecular formula is C15H23N3O2. The summed E-state index contributed by atoms with van der Waals surface area (Å²) in [5.74, 6) is 0.154. The van der Waals surface area contributed by atoms with Crippen molar-refractivity contribution in [2.75, 3.05) is 45.1 Å². The van der Waals surface area contributed by atoms with Gasteiger partial charge >= 0.3 is 0 Å². The summed E-state index contributed by atoms with van der Waals surface area (Å²) in [6.45, 7) is 4.19. The van der Waals surface area contributed by atoms with Crippen LogP contribution < -0.4 is 5.73 Å². The monoisotopic (exact) mass is 277 g/mol. The molecule has 20 heavy (non-hydrogen) atoms. The van der Waals surface area contributed by atoms with Crippen LogP contribution in [0, 0.1) is 0 Å². The van der Waals surface area contributed by atoms with Crippen LogP contribution in [0.5, 0.6) is 0 Å². The molecule has 1 aliphatic rings. The molecule has 1 saturated heterocycles. The van der Waals surface area contributed by atoms with Crippen LogP contribution >= 0.6 is 0 Å². The molecule has 0 radical (unpaired) electrons. The molecule has 1 aromatic carbocycles. The fourth-order valence-corrected chi connectivity index (χ4v) is 2.57. The Morgan fingerprint density at radius 1 is 1.25 bits per heavy atom. The van der Waals surface area contributed by atoms with Gasteiger partial charge in [0, 0.05) is 31.9 Å². The highest BCUT2D eigenvalue weighted by molar-refractivity contribution is 5.79. The lowest BCUT2D eigenvalue weighted by Crippen LogP contribution is -2.36. The quantitative estimate of drug-likeness (QED) is 0.779. The maximum atomic E-state index is 12.3. The number of aliphatic hydroxyl groups excluding tert-OH is 1. The van der Waals surface area contributed by atoms with E-state index in [9.17, 15) is 4.79 Å². The molecular weight excluding hydrogens is 254 g/mol. The normalized spacial score (nSPS) is 16.9. The first-order valence-corrected chi connectivity index (χ1v) is 7.14. The number of rotatable bonds is 4. The van der Waals surface area contributed by atoms with E-state index in [0.717, 1.165) is 38.2 Å². The van der Waals surface area contributed by atoms with Crippen LogP contribution in [0.2, 0.25) is 0 Å². The predicted molar refractivity (Wildman–Crippen MR) is 79.3 cm³/mol. The van der Waals surface area contributed by atoms with Gasteiger partial charge in [-0.3, -0.25) is 9.69 Å². The molecule has 0 aromatic heterocycles. The van der Waals surface area contributed by atoms with Crippen molar-refractivity contribution < 1.29 is 9.90 Å². The van der Waals surface area contributed by atoms with E-state index in [-0.39, 0.29) is 12.5 Å². The van der Waals surface area contributed by atoms with Gasteiger partial charge in [0.2, 0.25) is 5.91 Å². The maximum Gasteiger partial charge on any atom is 0.227 e. The fraction of sp³-hybridized carbons (Fsp3) is 0.533. The number of hydrogen-bond donors (Lipinski definition) is 2. The van der Waals surface area contributed by atoms with E-state index in [2.05, 4.69) is 4.90 Å². The third-order valence-electron chi connectivity index (χ3n) is 3.66. The lowest BCUT2D eigenvalue weighted by atomic mass is 10.1. The van der Waals surface area contributed by atoms with E-state index >= 15 is 0 Å². The Morgan fingerprint density at radius 3 is 2.85 bits per heavy atom. The molecule has 0 unspecified atom stereocenters. The van der Waals surface area contributed by atoms with Crippen molar-refractivity contribution >= 4 is 11.6 Å². The van der Waals surface area contributed by atoms with Gasteiger partial charge in [-0.05, 0) is 30.7 Å². The molecule has 0 spiro atoms. The highest BCUT2D eigenvalue weighted by atomic mass is 16.3. The Hall–Kier alpha value is -1.59. The Bertz CT molecular complexity index is 450. The lowest BCUT2D eigenvalue weighted by molar-refractivity contribution is -0.130. The third-order valence-corrected chi connectivity index (χ3v) is 3.66. The van der Waals surface area contributed by atoms with E-state index in [4.69, 9.17) is 10.8 Å². The summed E-state index contributed by atoms with van der Waals surface area (Å²) in [4.78, 5) is 16.4. The van der Waals surface area contributed by atoms with Crippen molar-refractivity contribution in [3.05, 3.63) is 29.8 Å². The largest absolute Gasteiger partial charge is 0.399 e. The Balaban J connectivity index is 1.89. The highest BCUT2D eigenvalue weighted by Gasteiger charge is 2.18. The number of anilines is 1. The van der Waals surface area contributed by atoms with Crippen LogP contribution in [0.4, 0.5) is 5.69 Å². The van der Waals surface area contributed by atoms with E-state index in [1.54, 1.807) is 0 Å². The first kappa shape index (κ1) is 14.8. The van der Waals surface area contributed by atoms with E-state index in [1.165, 1.54) is 0 Å². The van der Waals surface area contributed by atoms with Gasteiger partial charge in [0.15, 0.2) is 0 Å². The van der Waals surface area contributed by atoms with Gasteiger partial charge in [-0.2, -0.15) is 0 Å². The minimum Gasteiger partial charge on any atom is -0.399 e. The number of hydrogen-bond acceptors (Lipinski definition) is 4. The molecule has 0 bridgehead atoms. The second-order valence-electron chi connectivity index (χ2n) is 5.22. The van der Waals surface area contributed by atoms with Crippen molar-refractivity contribution in [3.8, 4) is 0 Å². The number of nitrogen functional groups attached to an aromatic ring is 1. The van der Waals surface area contributed by atoms with Gasteiger partial charge in [-0.25, -0.2) is 0 Å². The molecule has 5 nitrogen and oxygen atoms in total. The standard InChI is InChI=1S/C15H23N3O2/c16-14-4-1-3-13(11-14)12-15(20)18-6-2-5-17(7-8-18)9-10-19/h1,3-4,11,19H,2,5-10,12,16H2. The van der Waals surface area contributed by atoms with Gasteiger partial charge in [-0.15, -0.1) is 0 Å². The van der Waals surface area contributed by atoms with Crippen molar-refractivity contribution in [3.63, 3.8) is 0 Å². The summed E-state index contributed by atoms with van der Waals surface area (Å²) in [5.41, 5.74) is 7.39. The zero-order chi connectivity index (χ0) is 14.4. The SMILES string of the molecule is Nc1cccc(CC(=O)N2CCCN(CCO)CC2)c1. The molecule has 1 heterocycles. The molecule has 2 rings (SSSR count). The maximum absolute atomic E-state index is 12.3. The van der Waals surface area contributed by atoms with Crippen LogP contribution in [0.3, 0.4) is 0 Å². The molecule has 0 saturated carbocycles. The molecule has 3 N–H and O–H groups in total. The number of carbonyl (C=O) groups is 1. The summed E-state index contributed by atoms with van der Waals surface area (Å²) in [5, 5.41) is 8.97. The molecule has 5 heteroatoms. The molecule has 0 atom stereocenters. The minimum atomic E-state index is 0.154. The number of carbonyl (C=O) groups excluding carboxylic acids is 1. The highest BCUT2D eigenvalue weighted by Crippen LogP contribution is 2.10. The first-order chi connectivity index (χ1) is 9.69. The van der Waals surface area contributed by atoms with Gasteiger partial charge in [-0.1, -0.05) is 12.1 Å². The molecule has 1 amide bonds. The summed E-state index contributed by atoms with van der Waals surface area (Å²) in [7, 11) is 0. The number of nitrogens with zero attached hydrogens (tertiary/aromatic N) is 2. The van der Waals surface area contributed by atoms with Crippen LogP contribution in [-0.4, -0.2) is 60.1 Å². The van der Waals surface area contributed by atoms with E-state index in [1.807, 2.05) is 29.2 Å². The Morgan fingerprint density at radius 2 is 2.10 bits per heavy atom. The Kier molecular flexibility index (Phi) is 5.38. The molecule has 110 valence electrons. The topological polar surface area (TPSA) is 69.8 Å². The smallest absolute Gasteiger partial charge is 0.227 e. The van der Waals surface area contributed by atoms with Crippen LogP contribution in [0.25, 0.3) is 0 Å². The van der Waals surface area contributed by atoms with Crippen LogP contribution in [0.15, 0.2) is 24.3 Å². The minimum absolute atomic E-state index is 0.154. The van der Waals surface area contributed by atoms with Crippen molar-refractivity contribution in [1.29, 1.82) is 0 Å². The van der Waals surface area contributed by atoms with Crippen LogP contribution in [0.1, 0.15) is 12.0 Å². The Labute approximate surface area is 120 Å².